The van der Waals surface area contributed by atoms with Crippen molar-refractivity contribution in [3.63, 3.8) is 0 Å². The molecule has 1 aromatic heterocycles. The molecule has 1 heterocycles. The molecule has 1 N–H and O–H groups in total. The first kappa shape index (κ1) is 15.0. The highest BCUT2D eigenvalue weighted by atomic mass is 32.2. The molecule has 0 saturated heterocycles. The molecule has 0 aliphatic rings. The van der Waals surface area contributed by atoms with E-state index in [0.29, 0.717) is 17.1 Å². The summed E-state index contributed by atoms with van der Waals surface area (Å²) in [6.07, 6.45) is 0.0503. The molecule has 0 bridgehead atoms. The minimum Gasteiger partial charge on any atom is -0.461 e. The molecule has 102 valence electrons. The lowest BCUT2D eigenvalue weighted by Gasteiger charge is -2.17. The third-order valence-corrected chi connectivity index (χ3v) is 2.65. The summed E-state index contributed by atoms with van der Waals surface area (Å²) in [6, 6.07) is 0.377. The third-order valence-electron chi connectivity index (χ3n) is 1.67. The number of hydrogen-bond donors (Lipinski definition) is 1. The van der Waals surface area contributed by atoms with E-state index in [-0.39, 0.29) is 10.9 Å². The van der Waals surface area contributed by atoms with Crippen molar-refractivity contribution < 1.29 is 4.74 Å². The second kappa shape index (κ2) is 6.22. The van der Waals surface area contributed by atoms with Gasteiger partial charge in [0.25, 0.3) is 0 Å². The van der Waals surface area contributed by atoms with Gasteiger partial charge in [-0.1, -0.05) is 32.5 Å². The number of ether oxygens (including phenoxy) is 1. The lowest BCUT2D eigenvalue weighted by Crippen LogP contribution is -2.14. The van der Waals surface area contributed by atoms with Gasteiger partial charge >= 0.3 is 6.01 Å². The summed E-state index contributed by atoms with van der Waals surface area (Å²) >= 11 is 1.60. The molecular weight excluding hydrogens is 248 g/mol. The summed E-state index contributed by atoms with van der Waals surface area (Å²) in [5.41, 5.74) is 0. The number of nitrogens with one attached hydrogen (secondary N) is 1. The third kappa shape index (κ3) is 5.53. The van der Waals surface area contributed by atoms with Gasteiger partial charge in [-0.2, -0.15) is 15.0 Å². The van der Waals surface area contributed by atoms with E-state index < -0.39 is 0 Å². The van der Waals surface area contributed by atoms with E-state index in [1.165, 1.54) is 0 Å². The number of anilines is 1. The highest BCUT2D eigenvalue weighted by molar-refractivity contribution is 8.00. The Labute approximate surface area is 113 Å². The van der Waals surface area contributed by atoms with Crippen molar-refractivity contribution in [2.24, 2.45) is 0 Å². The van der Waals surface area contributed by atoms with E-state index in [1.807, 2.05) is 20.8 Å². The average molecular weight is 270 g/mol. The van der Waals surface area contributed by atoms with Gasteiger partial charge in [0.15, 0.2) is 5.16 Å². The van der Waals surface area contributed by atoms with Gasteiger partial charge in [-0.05, 0) is 20.8 Å². The van der Waals surface area contributed by atoms with Gasteiger partial charge in [0, 0.05) is 11.3 Å². The molecule has 0 aromatic carbocycles. The lowest BCUT2D eigenvalue weighted by atomic mass is 10.3. The molecule has 0 radical (unpaired) electrons. The van der Waals surface area contributed by atoms with Crippen LogP contribution in [0.15, 0.2) is 5.16 Å². The van der Waals surface area contributed by atoms with Crippen LogP contribution in [0.1, 0.15) is 41.5 Å². The van der Waals surface area contributed by atoms with Crippen molar-refractivity contribution in [2.45, 2.75) is 57.5 Å². The van der Waals surface area contributed by atoms with Gasteiger partial charge in [-0.3, -0.25) is 0 Å². The maximum atomic E-state index is 5.54. The van der Waals surface area contributed by atoms with E-state index in [0.717, 1.165) is 6.54 Å². The SMILES string of the molecule is CCNc1nc(OC(C)C)nc(SC(C)(C)C)n1. The number of thioether (sulfide) groups is 1. The van der Waals surface area contributed by atoms with Crippen LogP contribution in [-0.2, 0) is 0 Å². The topological polar surface area (TPSA) is 59.9 Å². The number of rotatable bonds is 5. The normalized spacial score (nSPS) is 11.7. The standard InChI is InChI=1S/C12H22N4OS/c1-7-13-9-14-10(17-8(2)3)16-11(15-9)18-12(4,5)6/h8H,7H2,1-6H3,(H,13,14,15,16). The summed E-state index contributed by atoms with van der Waals surface area (Å²) in [4.78, 5) is 12.9. The molecule has 6 heteroatoms. The van der Waals surface area contributed by atoms with Crippen LogP contribution < -0.4 is 10.1 Å². The van der Waals surface area contributed by atoms with Gasteiger partial charge in [-0.25, -0.2) is 0 Å². The van der Waals surface area contributed by atoms with Crippen LogP contribution in [-0.4, -0.2) is 32.3 Å². The Balaban J connectivity index is 2.97. The summed E-state index contributed by atoms with van der Waals surface area (Å²) in [7, 11) is 0. The Hall–Kier alpha value is -1.04. The van der Waals surface area contributed by atoms with E-state index in [2.05, 4.69) is 41.0 Å². The Morgan fingerprint density at radius 1 is 1.22 bits per heavy atom. The summed E-state index contributed by atoms with van der Waals surface area (Å²) < 4.78 is 5.60. The van der Waals surface area contributed by atoms with Gasteiger partial charge in [0.2, 0.25) is 5.95 Å². The zero-order valence-corrected chi connectivity index (χ0v) is 12.8. The minimum atomic E-state index is 0.0503. The Morgan fingerprint density at radius 2 is 1.89 bits per heavy atom. The zero-order valence-electron chi connectivity index (χ0n) is 11.9. The molecule has 0 spiro atoms. The molecule has 1 rings (SSSR count). The average Bonchev–Trinajstić information content (AvgIpc) is 2.12. The highest BCUT2D eigenvalue weighted by Gasteiger charge is 2.17. The van der Waals surface area contributed by atoms with Gasteiger partial charge in [0.1, 0.15) is 0 Å². The molecule has 1 aromatic rings. The predicted octanol–water partition coefficient (Wildman–Crippen LogP) is 2.98. The van der Waals surface area contributed by atoms with Gasteiger partial charge < -0.3 is 10.1 Å². The molecule has 5 nitrogen and oxygen atoms in total. The number of hydrogen-bond acceptors (Lipinski definition) is 6. The fraction of sp³-hybridized carbons (Fsp3) is 0.750. The molecule has 0 amide bonds. The molecule has 0 aliphatic carbocycles. The van der Waals surface area contributed by atoms with Crippen LogP contribution >= 0.6 is 11.8 Å². The molecule has 0 unspecified atom stereocenters. The minimum absolute atomic E-state index is 0.0503. The van der Waals surface area contributed by atoms with E-state index in [1.54, 1.807) is 11.8 Å². The number of aromatic nitrogens is 3. The molecular formula is C12H22N4OS. The lowest BCUT2D eigenvalue weighted by molar-refractivity contribution is 0.219. The Bertz CT molecular complexity index is 390. The van der Waals surface area contributed by atoms with Gasteiger partial charge in [-0.15, -0.1) is 0 Å². The smallest absolute Gasteiger partial charge is 0.322 e. The first-order valence-electron chi connectivity index (χ1n) is 6.16. The van der Waals surface area contributed by atoms with Crippen molar-refractivity contribution in [3.05, 3.63) is 0 Å². The molecule has 18 heavy (non-hydrogen) atoms. The van der Waals surface area contributed by atoms with E-state index in [9.17, 15) is 0 Å². The van der Waals surface area contributed by atoms with Crippen molar-refractivity contribution in [1.82, 2.24) is 15.0 Å². The van der Waals surface area contributed by atoms with Crippen molar-refractivity contribution in [3.8, 4) is 6.01 Å². The van der Waals surface area contributed by atoms with Gasteiger partial charge in [0.05, 0.1) is 6.10 Å². The highest BCUT2D eigenvalue weighted by Crippen LogP contribution is 2.30. The second-order valence-corrected chi connectivity index (χ2v) is 6.93. The molecule has 0 aliphatic heterocycles. The first-order valence-corrected chi connectivity index (χ1v) is 6.97. The predicted molar refractivity (Wildman–Crippen MR) is 75.4 cm³/mol. The van der Waals surface area contributed by atoms with Crippen molar-refractivity contribution in [2.75, 3.05) is 11.9 Å². The van der Waals surface area contributed by atoms with Crippen LogP contribution in [0.4, 0.5) is 5.95 Å². The summed E-state index contributed by atoms with van der Waals surface area (Å²) in [5.74, 6) is 0.565. The summed E-state index contributed by atoms with van der Waals surface area (Å²) in [5, 5.41) is 3.78. The zero-order chi connectivity index (χ0) is 13.8. The maximum absolute atomic E-state index is 5.54. The molecule has 0 fully saturated rings. The van der Waals surface area contributed by atoms with E-state index in [4.69, 9.17) is 4.74 Å². The van der Waals surface area contributed by atoms with Crippen LogP contribution in [0.3, 0.4) is 0 Å². The van der Waals surface area contributed by atoms with Crippen LogP contribution in [0.25, 0.3) is 0 Å². The Morgan fingerprint density at radius 3 is 2.39 bits per heavy atom. The van der Waals surface area contributed by atoms with Crippen molar-refractivity contribution in [1.29, 1.82) is 0 Å². The summed E-state index contributed by atoms with van der Waals surface area (Å²) in [6.45, 7) is 13.0. The fourth-order valence-electron chi connectivity index (χ4n) is 1.16. The maximum Gasteiger partial charge on any atom is 0.322 e. The van der Waals surface area contributed by atoms with Crippen LogP contribution in [0.2, 0.25) is 0 Å². The largest absolute Gasteiger partial charge is 0.461 e. The molecule has 0 saturated carbocycles. The van der Waals surface area contributed by atoms with Crippen LogP contribution in [0, 0.1) is 0 Å². The monoisotopic (exact) mass is 270 g/mol. The molecule has 0 atom stereocenters. The van der Waals surface area contributed by atoms with Crippen molar-refractivity contribution >= 4 is 17.7 Å². The second-order valence-electron chi connectivity index (χ2n) is 5.14. The van der Waals surface area contributed by atoms with Crippen LogP contribution in [0.5, 0.6) is 6.01 Å². The quantitative estimate of drug-likeness (QED) is 0.830. The van der Waals surface area contributed by atoms with E-state index >= 15 is 0 Å². The first-order chi connectivity index (χ1) is 8.30. The fourth-order valence-corrected chi connectivity index (χ4v) is 1.96. The number of nitrogens with zero attached hydrogens (tertiary/aromatic N) is 3. The Kier molecular flexibility index (Phi) is 5.19.